The van der Waals surface area contributed by atoms with Crippen LogP contribution in [0.3, 0.4) is 0 Å². The van der Waals surface area contributed by atoms with Gasteiger partial charge in [0.1, 0.15) is 0 Å². The van der Waals surface area contributed by atoms with Gasteiger partial charge in [-0.05, 0) is 25.0 Å². The van der Waals surface area contributed by atoms with Crippen LogP contribution in [0.15, 0.2) is 30.7 Å². The van der Waals surface area contributed by atoms with Crippen LogP contribution >= 0.6 is 0 Å². The molecule has 2 N–H and O–H groups in total. The first-order chi connectivity index (χ1) is 7.25. The van der Waals surface area contributed by atoms with Crippen LogP contribution < -0.4 is 5.73 Å². The van der Waals surface area contributed by atoms with Crippen LogP contribution in [0.5, 0.6) is 0 Å². The Balaban J connectivity index is 1.99. The number of hydrogen-bond donors (Lipinski definition) is 1. The summed E-state index contributed by atoms with van der Waals surface area (Å²) in [6, 6.07) is 4.00. The smallest absolute Gasteiger partial charge is 0.0822 e. The molecule has 0 spiro atoms. The minimum Gasteiger partial charge on any atom is -0.396 e. The number of aryl methyl sites for hydroxylation is 3. The molecule has 0 unspecified atom stereocenters. The summed E-state index contributed by atoms with van der Waals surface area (Å²) in [5, 5.41) is 4.30. The van der Waals surface area contributed by atoms with Crippen molar-refractivity contribution in [3.63, 3.8) is 0 Å². The average molecular weight is 202 g/mol. The highest BCUT2D eigenvalue weighted by atomic mass is 15.3. The summed E-state index contributed by atoms with van der Waals surface area (Å²) in [5.74, 6) is 0. The van der Waals surface area contributed by atoms with Crippen LogP contribution in [0.2, 0.25) is 0 Å². The van der Waals surface area contributed by atoms with E-state index in [0.29, 0.717) is 0 Å². The number of nitrogens with two attached hydrogens (primary N) is 1. The summed E-state index contributed by atoms with van der Waals surface area (Å²) in [5.41, 5.74) is 8.57. The van der Waals surface area contributed by atoms with Crippen LogP contribution in [0.1, 0.15) is 11.3 Å². The number of rotatable bonds is 3. The quantitative estimate of drug-likeness (QED) is 0.818. The maximum absolute atomic E-state index is 5.71. The number of anilines is 1. The van der Waals surface area contributed by atoms with E-state index in [1.54, 1.807) is 6.20 Å². The Morgan fingerprint density at radius 3 is 2.93 bits per heavy atom. The van der Waals surface area contributed by atoms with Gasteiger partial charge >= 0.3 is 0 Å². The van der Waals surface area contributed by atoms with Gasteiger partial charge in [-0.25, -0.2) is 0 Å². The highest BCUT2D eigenvalue weighted by Gasteiger charge is 2.00. The van der Waals surface area contributed by atoms with Crippen molar-refractivity contribution in [3.8, 4) is 0 Å². The van der Waals surface area contributed by atoms with Crippen molar-refractivity contribution in [2.75, 3.05) is 5.73 Å². The molecular formula is C11H14N4. The Morgan fingerprint density at radius 1 is 1.47 bits per heavy atom. The fourth-order valence-corrected chi connectivity index (χ4v) is 1.44. The maximum atomic E-state index is 5.71. The van der Waals surface area contributed by atoms with E-state index in [1.807, 2.05) is 30.1 Å². The monoisotopic (exact) mass is 202 g/mol. The average Bonchev–Trinajstić information content (AvgIpc) is 2.57. The van der Waals surface area contributed by atoms with Crippen LogP contribution in [-0.4, -0.2) is 14.8 Å². The van der Waals surface area contributed by atoms with Gasteiger partial charge in [0.15, 0.2) is 0 Å². The van der Waals surface area contributed by atoms with Crippen LogP contribution in [0.4, 0.5) is 5.69 Å². The van der Waals surface area contributed by atoms with Crippen LogP contribution in [0.25, 0.3) is 0 Å². The molecule has 2 heterocycles. The van der Waals surface area contributed by atoms with Crippen molar-refractivity contribution in [1.29, 1.82) is 0 Å². The van der Waals surface area contributed by atoms with E-state index in [4.69, 9.17) is 5.73 Å². The van der Waals surface area contributed by atoms with E-state index in [2.05, 4.69) is 16.1 Å². The van der Waals surface area contributed by atoms with Crippen LogP contribution in [-0.2, 0) is 13.0 Å². The zero-order valence-electron chi connectivity index (χ0n) is 8.72. The molecule has 0 bridgehead atoms. The molecule has 0 aliphatic heterocycles. The Hall–Kier alpha value is -1.84. The number of pyridine rings is 1. The lowest BCUT2D eigenvalue weighted by Crippen LogP contribution is -2.02. The molecule has 2 aromatic heterocycles. The standard InChI is InChI=1S/C11H14N4/c1-9-11(12)8-15(14-9)6-4-10-3-2-5-13-7-10/h2-3,5,7-8H,4,6,12H2,1H3. The Kier molecular flexibility index (Phi) is 2.67. The third-order valence-electron chi connectivity index (χ3n) is 2.34. The van der Waals surface area contributed by atoms with E-state index in [1.165, 1.54) is 5.56 Å². The molecular weight excluding hydrogens is 188 g/mol. The molecule has 0 aliphatic carbocycles. The molecule has 0 saturated heterocycles. The molecule has 0 aromatic carbocycles. The van der Waals surface area contributed by atoms with Gasteiger partial charge < -0.3 is 5.73 Å². The normalized spacial score (nSPS) is 10.5. The van der Waals surface area contributed by atoms with Gasteiger partial charge in [-0.15, -0.1) is 0 Å². The molecule has 2 rings (SSSR count). The first kappa shape index (κ1) is 9.71. The largest absolute Gasteiger partial charge is 0.396 e. The van der Waals surface area contributed by atoms with Gasteiger partial charge in [0.2, 0.25) is 0 Å². The second-order valence-corrected chi connectivity index (χ2v) is 3.54. The van der Waals surface area contributed by atoms with Gasteiger partial charge in [0.25, 0.3) is 0 Å². The molecule has 0 amide bonds. The minimum atomic E-state index is 0.751. The van der Waals surface area contributed by atoms with Crippen molar-refractivity contribution in [2.45, 2.75) is 19.9 Å². The number of aromatic nitrogens is 3. The molecule has 2 aromatic rings. The number of nitrogen functional groups attached to an aromatic ring is 1. The summed E-state index contributed by atoms with van der Waals surface area (Å²) < 4.78 is 1.87. The van der Waals surface area contributed by atoms with E-state index >= 15 is 0 Å². The summed E-state index contributed by atoms with van der Waals surface area (Å²) in [6.45, 7) is 2.75. The molecule has 15 heavy (non-hydrogen) atoms. The van der Waals surface area contributed by atoms with E-state index in [-0.39, 0.29) is 0 Å². The first-order valence-corrected chi connectivity index (χ1v) is 4.94. The van der Waals surface area contributed by atoms with Crippen molar-refractivity contribution < 1.29 is 0 Å². The second kappa shape index (κ2) is 4.13. The highest BCUT2D eigenvalue weighted by Crippen LogP contribution is 2.07. The lowest BCUT2D eigenvalue weighted by molar-refractivity contribution is 0.609. The Morgan fingerprint density at radius 2 is 2.33 bits per heavy atom. The van der Waals surface area contributed by atoms with Gasteiger partial charge in [-0.1, -0.05) is 6.07 Å². The third kappa shape index (κ3) is 2.34. The van der Waals surface area contributed by atoms with Gasteiger partial charge in [0, 0.05) is 25.1 Å². The predicted molar refractivity (Wildman–Crippen MR) is 59.3 cm³/mol. The second-order valence-electron chi connectivity index (χ2n) is 3.54. The van der Waals surface area contributed by atoms with E-state index in [0.717, 1.165) is 24.3 Å². The van der Waals surface area contributed by atoms with E-state index in [9.17, 15) is 0 Å². The zero-order chi connectivity index (χ0) is 10.7. The molecule has 0 atom stereocenters. The molecule has 4 heteroatoms. The van der Waals surface area contributed by atoms with Crippen molar-refractivity contribution in [3.05, 3.63) is 42.0 Å². The molecule has 4 nitrogen and oxygen atoms in total. The van der Waals surface area contributed by atoms with E-state index < -0.39 is 0 Å². The SMILES string of the molecule is Cc1nn(CCc2cccnc2)cc1N. The van der Waals surface area contributed by atoms with Crippen molar-refractivity contribution in [1.82, 2.24) is 14.8 Å². The molecule has 0 saturated carbocycles. The Labute approximate surface area is 88.8 Å². The number of hydrogen-bond acceptors (Lipinski definition) is 3. The van der Waals surface area contributed by atoms with Gasteiger partial charge in [-0.3, -0.25) is 9.67 Å². The lowest BCUT2D eigenvalue weighted by atomic mass is 10.2. The van der Waals surface area contributed by atoms with Crippen molar-refractivity contribution in [2.24, 2.45) is 0 Å². The summed E-state index contributed by atoms with van der Waals surface area (Å²) >= 11 is 0. The lowest BCUT2D eigenvalue weighted by Gasteiger charge is -2.00. The topological polar surface area (TPSA) is 56.7 Å². The molecule has 0 fully saturated rings. The predicted octanol–water partition coefficient (Wildman–Crippen LogP) is 1.41. The third-order valence-corrected chi connectivity index (χ3v) is 2.34. The fourth-order valence-electron chi connectivity index (χ4n) is 1.44. The number of nitrogens with zero attached hydrogens (tertiary/aromatic N) is 3. The fraction of sp³-hybridized carbons (Fsp3) is 0.273. The van der Waals surface area contributed by atoms with Crippen molar-refractivity contribution >= 4 is 5.69 Å². The zero-order valence-corrected chi connectivity index (χ0v) is 8.72. The van der Waals surface area contributed by atoms with Gasteiger partial charge in [0.05, 0.1) is 11.4 Å². The molecule has 0 radical (unpaired) electrons. The summed E-state index contributed by atoms with van der Waals surface area (Å²) in [6.07, 6.45) is 6.44. The highest BCUT2D eigenvalue weighted by molar-refractivity contribution is 5.39. The van der Waals surface area contributed by atoms with Crippen LogP contribution in [0, 0.1) is 6.92 Å². The maximum Gasteiger partial charge on any atom is 0.0822 e. The van der Waals surface area contributed by atoms with Gasteiger partial charge in [-0.2, -0.15) is 5.10 Å². The molecule has 78 valence electrons. The molecule has 0 aliphatic rings. The summed E-state index contributed by atoms with van der Waals surface area (Å²) in [7, 11) is 0. The minimum absolute atomic E-state index is 0.751. The summed E-state index contributed by atoms with van der Waals surface area (Å²) in [4.78, 5) is 4.07. The first-order valence-electron chi connectivity index (χ1n) is 4.94. The Bertz CT molecular complexity index is 414.